The van der Waals surface area contributed by atoms with Gasteiger partial charge in [-0.25, -0.2) is 4.39 Å². The number of rotatable bonds is 2. The van der Waals surface area contributed by atoms with E-state index in [9.17, 15) is 4.39 Å². The van der Waals surface area contributed by atoms with E-state index in [4.69, 9.17) is 5.73 Å². The van der Waals surface area contributed by atoms with Crippen molar-refractivity contribution in [2.45, 2.75) is 31.3 Å². The van der Waals surface area contributed by atoms with E-state index in [-0.39, 0.29) is 11.9 Å². The standard InChI is InChI=1S/C14H19FN2/c15-12-3-1-11(2-4-12)14(16)13-9-10-5-7-17(13)8-6-10/h1-4,10,13-14H,5-9,16H2. The molecule has 4 rings (SSSR count). The quantitative estimate of drug-likeness (QED) is 0.851. The first kappa shape index (κ1) is 11.2. The highest BCUT2D eigenvalue weighted by Gasteiger charge is 2.36. The molecule has 2 atom stereocenters. The average Bonchev–Trinajstić information content (AvgIpc) is 2.40. The van der Waals surface area contributed by atoms with E-state index in [1.54, 1.807) is 0 Å². The molecule has 3 saturated heterocycles. The molecular formula is C14H19FN2. The minimum atomic E-state index is -0.188. The van der Waals surface area contributed by atoms with Crippen LogP contribution in [0.1, 0.15) is 30.9 Å². The minimum absolute atomic E-state index is 0.0266. The zero-order valence-electron chi connectivity index (χ0n) is 9.98. The Labute approximate surface area is 102 Å². The van der Waals surface area contributed by atoms with E-state index in [0.29, 0.717) is 6.04 Å². The van der Waals surface area contributed by atoms with E-state index >= 15 is 0 Å². The summed E-state index contributed by atoms with van der Waals surface area (Å²) in [6.45, 7) is 2.37. The van der Waals surface area contributed by atoms with Crippen LogP contribution >= 0.6 is 0 Å². The van der Waals surface area contributed by atoms with Crippen molar-refractivity contribution in [3.05, 3.63) is 35.6 Å². The van der Waals surface area contributed by atoms with E-state index in [1.165, 1.54) is 44.5 Å². The van der Waals surface area contributed by atoms with Crippen molar-refractivity contribution in [2.24, 2.45) is 11.7 Å². The van der Waals surface area contributed by atoms with Gasteiger partial charge in [-0.3, -0.25) is 4.90 Å². The molecule has 3 fully saturated rings. The van der Waals surface area contributed by atoms with E-state index < -0.39 is 0 Å². The van der Waals surface area contributed by atoms with Crippen LogP contribution in [0.2, 0.25) is 0 Å². The van der Waals surface area contributed by atoms with E-state index in [0.717, 1.165) is 11.5 Å². The molecule has 92 valence electrons. The summed E-state index contributed by atoms with van der Waals surface area (Å²) in [5, 5.41) is 0. The lowest BCUT2D eigenvalue weighted by atomic mass is 9.79. The molecule has 3 aliphatic rings. The minimum Gasteiger partial charge on any atom is -0.323 e. The smallest absolute Gasteiger partial charge is 0.123 e. The Morgan fingerprint density at radius 3 is 2.35 bits per heavy atom. The lowest BCUT2D eigenvalue weighted by molar-refractivity contribution is 0.0356. The molecular weight excluding hydrogens is 215 g/mol. The Morgan fingerprint density at radius 1 is 1.18 bits per heavy atom. The molecule has 1 aromatic carbocycles. The Bertz CT molecular complexity index is 382. The van der Waals surface area contributed by atoms with Crippen molar-refractivity contribution in [1.29, 1.82) is 0 Å². The maximum Gasteiger partial charge on any atom is 0.123 e. The average molecular weight is 234 g/mol. The molecule has 2 bridgehead atoms. The van der Waals surface area contributed by atoms with Crippen LogP contribution in [0.5, 0.6) is 0 Å². The number of fused-ring (bicyclic) bond motifs is 3. The highest BCUT2D eigenvalue weighted by molar-refractivity contribution is 5.21. The molecule has 1 aromatic rings. The van der Waals surface area contributed by atoms with Gasteiger partial charge in [-0.15, -0.1) is 0 Å². The highest BCUT2D eigenvalue weighted by Crippen LogP contribution is 2.36. The van der Waals surface area contributed by atoms with Crippen molar-refractivity contribution >= 4 is 0 Å². The third-order valence-corrected chi connectivity index (χ3v) is 4.36. The normalized spacial score (nSPS) is 33.6. The zero-order valence-corrected chi connectivity index (χ0v) is 9.98. The van der Waals surface area contributed by atoms with Crippen LogP contribution in [-0.4, -0.2) is 24.0 Å². The van der Waals surface area contributed by atoms with Gasteiger partial charge in [0.1, 0.15) is 5.82 Å². The van der Waals surface area contributed by atoms with Crippen molar-refractivity contribution in [1.82, 2.24) is 4.90 Å². The molecule has 17 heavy (non-hydrogen) atoms. The maximum atomic E-state index is 12.9. The first-order valence-corrected chi connectivity index (χ1v) is 6.49. The van der Waals surface area contributed by atoms with Crippen molar-refractivity contribution in [2.75, 3.05) is 13.1 Å². The van der Waals surface area contributed by atoms with Gasteiger partial charge >= 0.3 is 0 Å². The first-order chi connectivity index (χ1) is 8.24. The van der Waals surface area contributed by atoms with Crippen molar-refractivity contribution < 1.29 is 4.39 Å². The number of hydrogen-bond donors (Lipinski definition) is 1. The molecule has 2 nitrogen and oxygen atoms in total. The molecule has 0 spiro atoms. The number of piperidine rings is 3. The third-order valence-electron chi connectivity index (χ3n) is 4.36. The van der Waals surface area contributed by atoms with Crippen LogP contribution in [0, 0.1) is 11.7 Å². The molecule has 0 radical (unpaired) electrons. The summed E-state index contributed by atoms with van der Waals surface area (Å²) in [6, 6.07) is 7.14. The molecule has 2 N–H and O–H groups in total. The summed E-state index contributed by atoms with van der Waals surface area (Å²) in [5.74, 6) is 0.669. The van der Waals surface area contributed by atoms with Crippen molar-refractivity contribution in [3.8, 4) is 0 Å². The zero-order chi connectivity index (χ0) is 11.8. The number of nitrogens with two attached hydrogens (primary N) is 1. The number of benzene rings is 1. The number of nitrogens with zero attached hydrogens (tertiary/aromatic N) is 1. The van der Waals surface area contributed by atoms with Gasteiger partial charge in [0.2, 0.25) is 0 Å². The van der Waals surface area contributed by atoms with Crippen LogP contribution < -0.4 is 5.73 Å². The van der Waals surface area contributed by atoms with Crippen LogP contribution in [0.25, 0.3) is 0 Å². The number of hydrogen-bond acceptors (Lipinski definition) is 2. The Balaban J connectivity index is 1.77. The second-order valence-electron chi connectivity index (χ2n) is 5.36. The molecule has 3 aliphatic heterocycles. The summed E-state index contributed by atoms with van der Waals surface area (Å²) in [6.07, 6.45) is 3.86. The summed E-state index contributed by atoms with van der Waals surface area (Å²) in [7, 11) is 0. The Kier molecular flexibility index (Phi) is 2.89. The lowest BCUT2D eigenvalue weighted by Crippen LogP contribution is -2.52. The monoisotopic (exact) mass is 234 g/mol. The van der Waals surface area contributed by atoms with Gasteiger partial charge in [0, 0.05) is 12.1 Å². The van der Waals surface area contributed by atoms with E-state index in [1.807, 2.05) is 12.1 Å². The largest absolute Gasteiger partial charge is 0.323 e. The van der Waals surface area contributed by atoms with Gasteiger partial charge in [-0.2, -0.15) is 0 Å². The summed E-state index contributed by atoms with van der Waals surface area (Å²) >= 11 is 0. The van der Waals surface area contributed by atoms with Crippen LogP contribution in [0.15, 0.2) is 24.3 Å². The van der Waals surface area contributed by atoms with Crippen LogP contribution in [0.3, 0.4) is 0 Å². The summed E-state index contributed by atoms with van der Waals surface area (Å²) in [5.41, 5.74) is 7.40. The molecule has 3 heterocycles. The summed E-state index contributed by atoms with van der Waals surface area (Å²) < 4.78 is 12.9. The predicted octanol–water partition coefficient (Wildman–Crippen LogP) is 2.31. The van der Waals surface area contributed by atoms with Gasteiger partial charge in [-0.05, 0) is 56.0 Å². The van der Waals surface area contributed by atoms with E-state index in [2.05, 4.69) is 4.90 Å². The summed E-state index contributed by atoms with van der Waals surface area (Å²) in [4.78, 5) is 2.51. The second-order valence-corrected chi connectivity index (χ2v) is 5.36. The third kappa shape index (κ3) is 2.09. The predicted molar refractivity (Wildman–Crippen MR) is 66.0 cm³/mol. The maximum absolute atomic E-state index is 12.9. The van der Waals surface area contributed by atoms with Crippen LogP contribution in [0.4, 0.5) is 4.39 Å². The molecule has 0 saturated carbocycles. The molecule has 3 heteroatoms. The first-order valence-electron chi connectivity index (χ1n) is 6.49. The fourth-order valence-electron chi connectivity index (χ4n) is 3.29. The fraction of sp³-hybridized carbons (Fsp3) is 0.571. The lowest BCUT2D eigenvalue weighted by Gasteiger charge is -2.47. The number of halogens is 1. The SMILES string of the molecule is NC(c1ccc(F)cc1)C1CC2CCN1CC2. The Hall–Kier alpha value is -0.930. The van der Waals surface area contributed by atoms with Gasteiger partial charge in [-0.1, -0.05) is 12.1 Å². The Morgan fingerprint density at radius 2 is 1.82 bits per heavy atom. The molecule has 0 aliphatic carbocycles. The second kappa shape index (κ2) is 4.39. The molecule has 0 aromatic heterocycles. The topological polar surface area (TPSA) is 29.3 Å². The van der Waals surface area contributed by atoms with Gasteiger partial charge in [0.05, 0.1) is 0 Å². The van der Waals surface area contributed by atoms with Gasteiger partial charge < -0.3 is 5.73 Å². The van der Waals surface area contributed by atoms with Gasteiger partial charge in [0.25, 0.3) is 0 Å². The van der Waals surface area contributed by atoms with Crippen molar-refractivity contribution in [3.63, 3.8) is 0 Å². The fourth-order valence-corrected chi connectivity index (χ4v) is 3.29. The molecule has 2 unspecified atom stereocenters. The molecule has 0 amide bonds. The van der Waals surface area contributed by atoms with Gasteiger partial charge in [0.15, 0.2) is 0 Å². The van der Waals surface area contributed by atoms with Crippen LogP contribution in [-0.2, 0) is 0 Å². The highest BCUT2D eigenvalue weighted by atomic mass is 19.1.